The molecule has 0 atom stereocenters. The Morgan fingerprint density at radius 3 is 2.47 bits per heavy atom. The maximum absolute atomic E-state index is 13.2. The zero-order valence-electron chi connectivity index (χ0n) is 19.5. The number of hydrogen-bond donors (Lipinski definition) is 2. The van der Waals surface area contributed by atoms with E-state index >= 15 is 0 Å². The van der Waals surface area contributed by atoms with Crippen LogP contribution in [0.2, 0.25) is 0 Å². The summed E-state index contributed by atoms with van der Waals surface area (Å²) in [5.41, 5.74) is 1.33. The van der Waals surface area contributed by atoms with Crippen molar-refractivity contribution < 1.29 is 28.6 Å². The van der Waals surface area contributed by atoms with Gasteiger partial charge in [-0.25, -0.2) is 4.79 Å². The molecular weight excluding hydrogens is 436 g/mol. The molecular formula is C26H28N2O6. The second kappa shape index (κ2) is 9.61. The maximum atomic E-state index is 13.2. The molecule has 2 heterocycles. The summed E-state index contributed by atoms with van der Waals surface area (Å²) in [6.07, 6.45) is 1.55. The zero-order valence-corrected chi connectivity index (χ0v) is 19.5. The van der Waals surface area contributed by atoms with E-state index < -0.39 is 17.5 Å². The molecule has 34 heavy (non-hydrogen) atoms. The normalized spacial score (nSPS) is 14.0. The van der Waals surface area contributed by atoms with Crippen molar-refractivity contribution in [3.05, 3.63) is 65.9 Å². The third-order valence-corrected chi connectivity index (χ3v) is 5.29. The highest BCUT2D eigenvalue weighted by molar-refractivity contribution is 6.10. The number of anilines is 2. The van der Waals surface area contributed by atoms with Gasteiger partial charge in [0.15, 0.2) is 0 Å². The van der Waals surface area contributed by atoms with Gasteiger partial charge in [-0.05, 0) is 63.2 Å². The molecule has 8 heteroatoms. The number of aromatic hydroxyl groups is 1. The van der Waals surface area contributed by atoms with Gasteiger partial charge in [0, 0.05) is 24.3 Å². The molecule has 1 saturated heterocycles. The van der Waals surface area contributed by atoms with E-state index in [0.717, 1.165) is 5.69 Å². The van der Waals surface area contributed by atoms with Crippen LogP contribution in [0.3, 0.4) is 0 Å². The van der Waals surface area contributed by atoms with Gasteiger partial charge in [0.05, 0.1) is 36.3 Å². The Bertz CT molecular complexity index is 1170. The molecule has 1 aliphatic rings. The molecule has 2 N–H and O–H groups in total. The lowest BCUT2D eigenvalue weighted by molar-refractivity contribution is 0.00707. The Morgan fingerprint density at radius 2 is 1.79 bits per heavy atom. The Balaban J connectivity index is 1.67. The molecule has 178 valence electrons. The minimum Gasteiger partial charge on any atom is -0.507 e. The number of ether oxygens (including phenoxy) is 2. The highest BCUT2D eigenvalue weighted by Crippen LogP contribution is 2.30. The summed E-state index contributed by atoms with van der Waals surface area (Å²) in [4.78, 5) is 28.2. The predicted octanol–water partition coefficient (Wildman–Crippen LogP) is 4.70. The number of rotatable bonds is 5. The summed E-state index contributed by atoms with van der Waals surface area (Å²) in [6, 6.07) is 13.4. The lowest BCUT2D eigenvalue weighted by Gasteiger charge is -2.29. The number of morpholine rings is 1. The first-order valence-electron chi connectivity index (χ1n) is 11.1. The van der Waals surface area contributed by atoms with Crippen LogP contribution in [-0.2, 0) is 9.47 Å². The molecule has 0 aliphatic carbocycles. The molecule has 4 rings (SSSR count). The van der Waals surface area contributed by atoms with E-state index in [-0.39, 0.29) is 22.6 Å². The van der Waals surface area contributed by atoms with Crippen LogP contribution in [0.1, 0.15) is 41.5 Å². The maximum Gasteiger partial charge on any atom is 0.340 e. The molecule has 3 aromatic rings. The molecule has 1 amide bonds. The number of nitrogens with zero attached hydrogens (tertiary/aromatic N) is 1. The number of phenolic OH excluding ortho intramolecular Hbond substituents is 1. The van der Waals surface area contributed by atoms with E-state index in [0.29, 0.717) is 37.6 Å². The van der Waals surface area contributed by atoms with Crippen LogP contribution in [0.25, 0.3) is 11.3 Å². The molecule has 0 bridgehead atoms. The second-order valence-corrected chi connectivity index (χ2v) is 8.99. The number of amides is 1. The first kappa shape index (κ1) is 23.4. The lowest BCUT2D eigenvalue weighted by Crippen LogP contribution is -2.36. The molecule has 0 unspecified atom stereocenters. The summed E-state index contributed by atoms with van der Waals surface area (Å²) < 4.78 is 16.4. The SMILES string of the molecule is CC(C)(C)OC(=O)c1ccc(-c2ccco2)cc1NC(=O)c1cc(N2CCOCC2)ccc1O. The minimum absolute atomic E-state index is 0.0996. The van der Waals surface area contributed by atoms with Gasteiger partial charge in [0.2, 0.25) is 0 Å². The minimum atomic E-state index is -0.706. The van der Waals surface area contributed by atoms with Crippen molar-refractivity contribution in [1.29, 1.82) is 0 Å². The van der Waals surface area contributed by atoms with Crippen molar-refractivity contribution in [3.63, 3.8) is 0 Å². The second-order valence-electron chi connectivity index (χ2n) is 8.99. The topological polar surface area (TPSA) is 101 Å². The van der Waals surface area contributed by atoms with Crippen LogP contribution < -0.4 is 10.2 Å². The van der Waals surface area contributed by atoms with Crippen LogP contribution in [0.4, 0.5) is 11.4 Å². The third-order valence-electron chi connectivity index (χ3n) is 5.29. The summed E-state index contributed by atoms with van der Waals surface area (Å²) in [5, 5.41) is 13.2. The summed E-state index contributed by atoms with van der Waals surface area (Å²) >= 11 is 0. The largest absolute Gasteiger partial charge is 0.507 e. The van der Waals surface area contributed by atoms with Gasteiger partial charge in [-0.15, -0.1) is 0 Å². The van der Waals surface area contributed by atoms with Gasteiger partial charge in [-0.1, -0.05) is 6.07 Å². The standard InChI is InChI=1S/C26H28N2O6/c1-26(2,3)34-25(31)19-8-6-17(23-5-4-12-33-23)15-21(19)27-24(30)20-16-18(7-9-22(20)29)28-10-13-32-14-11-28/h4-9,12,15-16,29H,10-11,13-14H2,1-3H3,(H,27,30). The first-order chi connectivity index (χ1) is 16.2. The molecule has 2 aromatic carbocycles. The number of benzene rings is 2. The number of carbonyl (C=O) groups excluding carboxylic acids is 2. The van der Waals surface area contributed by atoms with Crippen LogP contribution in [0.5, 0.6) is 5.75 Å². The summed E-state index contributed by atoms with van der Waals surface area (Å²) in [6.45, 7) is 7.91. The van der Waals surface area contributed by atoms with Gasteiger partial charge in [-0.2, -0.15) is 0 Å². The van der Waals surface area contributed by atoms with Crippen molar-refractivity contribution in [3.8, 4) is 17.1 Å². The molecule has 1 fully saturated rings. The van der Waals surface area contributed by atoms with E-state index in [1.54, 1.807) is 69.5 Å². The van der Waals surface area contributed by atoms with Crippen molar-refractivity contribution in [2.45, 2.75) is 26.4 Å². The number of carbonyl (C=O) groups is 2. The van der Waals surface area contributed by atoms with Crippen LogP contribution in [0.15, 0.2) is 59.2 Å². The Hall–Kier alpha value is -3.78. The van der Waals surface area contributed by atoms with E-state index in [2.05, 4.69) is 10.2 Å². The number of nitrogens with one attached hydrogen (secondary N) is 1. The van der Waals surface area contributed by atoms with E-state index in [9.17, 15) is 14.7 Å². The average Bonchev–Trinajstić information content (AvgIpc) is 3.34. The number of phenols is 1. The lowest BCUT2D eigenvalue weighted by atomic mass is 10.1. The zero-order chi connectivity index (χ0) is 24.3. The van der Waals surface area contributed by atoms with Crippen LogP contribution in [0, 0.1) is 0 Å². The van der Waals surface area contributed by atoms with Crippen molar-refractivity contribution in [2.24, 2.45) is 0 Å². The van der Waals surface area contributed by atoms with E-state index in [4.69, 9.17) is 13.9 Å². The fraction of sp³-hybridized carbons (Fsp3) is 0.308. The van der Waals surface area contributed by atoms with Crippen molar-refractivity contribution in [2.75, 3.05) is 36.5 Å². The third kappa shape index (κ3) is 5.40. The highest BCUT2D eigenvalue weighted by atomic mass is 16.6. The fourth-order valence-corrected chi connectivity index (χ4v) is 3.67. The van der Waals surface area contributed by atoms with E-state index in [1.165, 1.54) is 6.07 Å². The van der Waals surface area contributed by atoms with Crippen LogP contribution >= 0.6 is 0 Å². The number of furan rings is 1. The van der Waals surface area contributed by atoms with Crippen molar-refractivity contribution >= 4 is 23.3 Å². The molecule has 0 radical (unpaired) electrons. The van der Waals surface area contributed by atoms with Crippen molar-refractivity contribution in [1.82, 2.24) is 0 Å². The molecule has 0 saturated carbocycles. The Kier molecular flexibility index (Phi) is 6.61. The molecule has 8 nitrogen and oxygen atoms in total. The molecule has 1 aliphatic heterocycles. The van der Waals surface area contributed by atoms with Gasteiger partial charge in [0.1, 0.15) is 17.1 Å². The molecule has 1 aromatic heterocycles. The highest BCUT2D eigenvalue weighted by Gasteiger charge is 2.23. The molecule has 0 spiro atoms. The Morgan fingerprint density at radius 1 is 1.03 bits per heavy atom. The number of esters is 1. The summed E-state index contributed by atoms with van der Waals surface area (Å²) in [5.74, 6) is -0.687. The fourth-order valence-electron chi connectivity index (χ4n) is 3.67. The van der Waals surface area contributed by atoms with Gasteiger partial charge in [0.25, 0.3) is 5.91 Å². The number of hydrogen-bond acceptors (Lipinski definition) is 7. The summed E-state index contributed by atoms with van der Waals surface area (Å²) in [7, 11) is 0. The first-order valence-corrected chi connectivity index (χ1v) is 11.1. The average molecular weight is 465 g/mol. The van der Waals surface area contributed by atoms with E-state index in [1.807, 2.05) is 0 Å². The monoisotopic (exact) mass is 464 g/mol. The van der Waals surface area contributed by atoms with Gasteiger partial charge in [-0.3, -0.25) is 4.79 Å². The van der Waals surface area contributed by atoms with Crippen LogP contribution in [-0.4, -0.2) is 48.9 Å². The Labute approximate surface area is 198 Å². The quantitative estimate of drug-likeness (QED) is 0.528. The predicted molar refractivity (Wildman–Crippen MR) is 128 cm³/mol. The van der Waals surface area contributed by atoms with Gasteiger partial charge >= 0.3 is 5.97 Å². The van der Waals surface area contributed by atoms with Gasteiger partial charge < -0.3 is 29.2 Å². The smallest absolute Gasteiger partial charge is 0.340 e.